The van der Waals surface area contributed by atoms with Crippen LogP contribution in [0, 0.1) is 12.3 Å². The number of carbonyl (C=O) groups excluding carboxylic acids is 1. The highest BCUT2D eigenvalue weighted by atomic mass is 19.4. The smallest absolute Gasteiger partial charge is 0.299 e. The molecule has 4 N–H and O–H groups in total. The molecule has 5 nitrogen and oxygen atoms in total. The van der Waals surface area contributed by atoms with Crippen LogP contribution in [0.3, 0.4) is 0 Å². The van der Waals surface area contributed by atoms with Crippen molar-refractivity contribution in [3.05, 3.63) is 27.9 Å². The predicted octanol–water partition coefficient (Wildman–Crippen LogP) is 1.19. The van der Waals surface area contributed by atoms with Gasteiger partial charge in [0.2, 0.25) is 0 Å². The lowest BCUT2D eigenvalue weighted by atomic mass is 9.79. The number of hydrogen-bond donors (Lipinski definition) is 3. The monoisotopic (exact) mass is 374 g/mol. The number of rotatable bonds is 3. The van der Waals surface area contributed by atoms with E-state index in [0.29, 0.717) is 16.5 Å². The lowest BCUT2D eigenvalue weighted by molar-refractivity contribution is -0.125. The van der Waals surface area contributed by atoms with E-state index < -0.39 is 35.9 Å². The summed E-state index contributed by atoms with van der Waals surface area (Å²) in [6.07, 6.45) is -4.42. The molecule has 0 bridgehead atoms. The van der Waals surface area contributed by atoms with Gasteiger partial charge in [-0.25, -0.2) is 15.2 Å². The average Bonchev–Trinajstić information content (AvgIpc) is 2.50. The van der Waals surface area contributed by atoms with E-state index >= 15 is 0 Å². The van der Waals surface area contributed by atoms with Crippen LogP contribution in [0.1, 0.15) is 43.2 Å². The molecule has 0 saturated heterocycles. The Balaban J connectivity index is 2.72. The first-order valence-electron chi connectivity index (χ1n) is 8.07. The number of hydrazine groups is 1. The van der Waals surface area contributed by atoms with Crippen LogP contribution in [-0.4, -0.2) is 29.7 Å². The molecule has 0 saturated carbocycles. The van der Waals surface area contributed by atoms with Gasteiger partial charge in [-0.3, -0.25) is 15.5 Å². The van der Waals surface area contributed by atoms with Gasteiger partial charge in [0.25, 0.3) is 5.91 Å². The van der Waals surface area contributed by atoms with Gasteiger partial charge in [-0.1, -0.05) is 20.8 Å². The van der Waals surface area contributed by atoms with E-state index in [1.807, 2.05) is 26.2 Å². The van der Waals surface area contributed by atoms with Gasteiger partial charge in [0, 0.05) is 5.22 Å². The van der Waals surface area contributed by atoms with E-state index in [1.54, 1.807) is 6.92 Å². The van der Waals surface area contributed by atoms with Crippen molar-refractivity contribution < 1.29 is 22.4 Å². The summed E-state index contributed by atoms with van der Waals surface area (Å²) in [7, 11) is 0. The summed E-state index contributed by atoms with van der Waals surface area (Å²) in [5, 5.41) is 2.67. The molecule has 0 aliphatic heterocycles. The minimum Gasteiger partial charge on any atom is -0.299 e. The minimum absolute atomic E-state index is 0.0263. The number of alkyl halides is 3. The molecule has 0 spiro atoms. The number of nitrogens with one attached hydrogen (secondary N) is 2. The molecule has 2 rings (SSSR count). The number of nitrogens with zero attached hydrogens (tertiary/aromatic N) is 1. The van der Waals surface area contributed by atoms with E-state index in [9.17, 15) is 22.4 Å². The summed E-state index contributed by atoms with van der Waals surface area (Å²) in [5.74, 6) is 3.81. The maximum atomic E-state index is 15.0. The summed E-state index contributed by atoms with van der Waals surface area (Å²) < 4.78 is 52.6. The number of aromatic nitrogens is 1. The van der Waals surface area contributed by atoms with Crippen molar-refractivity contribution in [2.75, 3.05) is 6.54 Å². The molecule has 1 aromatic heterocycles. The summed E-state index contributed by atoms with van der Waals surface area (Å²) in [6, 6.07) is 0.264. The van der Waals surface area contributed by atoms with Crippen molar-refractivity contribution in [3.8, 4) is 0 Å². The van der Waals surface area contributed by atoms with Gasteiger partial charge in [-0.2, -0.15) is 13.2 Å². The largest absolute Gasteiger partial charge is 0.401 e. The van der Waals surface area contributed by atoms with Crippen molar-refractivity contribution in [1.82, 2.24) is 15.7 Å². The van der Waals surface area contributed by atoms with Crippen LogP contribution in [-0.2, 0) is 0 Å². The second-order valence-corrected chi connectivity index (χ2v) is 7.35. The van der Waals surface area contributed by atoms with Crippen LogP contribution in [0.15, 0.2) is 6.07 Å². The summed E-state index contributed by atoms with van der Waals surface area (Å²) >= 11 is 0. The van der Waals surface area contributed by atoms with Crippen molar-refractivity contribution >= 4 is 17.3 Å². The molecule has 1 amide bonds. The van der Waals surface area contributed by atoms with Gasteiger partial charge in [0.15, 0.2) is 0 Å². The number of amides is 1. The lowest BCUT2D eigenvalue weighted by Gasteiger charge is -2.30. The first kappa shape index (κ1) is 20.3. The minimum atomic E-state index is -4.45. The van der Waals surface area contributed by atoms with Gasteiger partial charge in [0.1, 0.15) is 11.5 Å². The molecule has 9 heteroatoms. The fourth-order valence-electron chi connectivity index (χ4n) is 3.01. The van der Waals surface area contributed by atoms with Gasteiger partial charge >= 0.3 is 6.18 Å². The number of nitrogen functional groups attached to an aromatic ring is 1. The number of aryl methyl sites for hydroxylation is 1. The molecular formula is C17H22F4N4O. The number of pyridine rings is 1. The van der Waals surface area contributed by atoms with E-state index in [1.165, 1.54) is 6.07 Å². The third-order valence-corrected chi connectivity index (χ3v) is 4.27. The maximum Gasteiger partial charge on any atom is 0.401 e. The van der Waals surface area contributed by atoms with Gasteiger partial charge < -0.3 is 0 Å². The number of carbonyl (C=O) groups is 1. The maximum absolute atomic E-state index is 15.0. The Morgan fingerprint density at radius 2 is 1.96 bits per heavy atom. The normalized spacial score (nSPS) is 18.0. The molecule has 1 heterocycles. The van der Waals surface area contributed by atoms with Crippen LogP contribution in [0.4, 0.5) is 17.6 Å². The third kappa shape index (κ3) is 4.21. The van der Waals surface area contributed by atoms with E-state index in [4.69, 9.17) is 5.84 Å². The van der Waals surface area contributed by atoms with Crippen molar-refractivity contribution in [2.24, 2.45) is 11.3 Å². The van der Waals surface area contributed by atoms with Gasteiger partial charge in [0.05, 0.1) is 17.9 Å². The Morgan fingerprint density at radius 1 is 1.35 bits per heavy atom. The van der Waals surface area contributed by atoms with Crippen molar-refractivity contribution in [3.63, 3.8) is 0 Å². The molecule has 26 heavy (non-hydrogen) atoms. The first-order chi connectivity index (χ1) is 11.8. The highest BCUT2D eigenvalue weighted by Gasteiger charge is 2.34. The first-order valence-corrected chi connectivity index (χ1v) is 8.07. The molecule has 144 valence electrons. The number of nitrogens with two attached hydrogens (primary N) is 1. The van der Waals surface area contributed by atoms with Crippen LogP contribution in [0.2, 0.25) is 0 Å². The topological polar surface area (TPSA) is 80.0 Å². The zero-order chi connectivity index (χ0) is 19.9. The van der Waals surface area contributed by atoms with Crippen LogP contribution in [0.5, 0.6) is 0 Å². The predicted molar refractivity (Wildman–Crippen MR) is 89.7 cm³/mol. The highest BCUT2D eigenvalue weighted by Crippen LogP contribution is 2.32. The SMILES string of the molecule is Cc1cc(C(=O)NN)nc2c1=C(F)C(NCC(F)(F)F)CC=2C(C)(C)C. The highest BCUT2D eigenvalue weighted by molar-refractivity contribution is 5.92. The Hall–Kier alpha value is -2.00. The lowest BCUT2D eigenvalue weighted by Crippen LogP contribution is -2.49. The Kier molecular flexibility index (Phi) is 5.44. The van der Waals surface area contributed by atoms with Crippen LogP contribution < -0.4 is 27.2 Å². The Morgan fingerprint density at radius 3 is 2.46 bits per heavy atom. The molecular weight excluding hydrogens is 352 g/mol. The molecule has 0 fully saturated rings. The summed E-state index contributed by atoms with van der Waals surface area (Å²) in [6.45, 7) is 5.88. The number of fused-ring (bicyclic) bond motifs is 1. The third-order valence-electron chi connectivity index (χ3n) is 4.27. The zero-order valence-electron chi connectivity index (χ0n) is 15.0. The van der Waals surface area contributed by atoms with E-state index in [-0.39, 0.29) is 17.3 Å². The molecule has 1 aliphatic carbocycles. The second-order valence-electron chi connectivity index (χ2n) is 7.35. The van der Waals surface area contributed by atoms with Gasteiger partial charge in [-0.15, -0.1) is 0 Å². The fourth-order valence-corrected chi connectivity index (χ4v) is 3.01. The van der Waals surface area contributed by atoms with Gasteiger partial charge in [-0.05, 0) is 36.0 Å². The Bertz CT molecular complexity index is 840. The number of hydrogen-bond acceptors (Lipinski definition) is 4. The second kappa shape index (κ2) is 6.96. The van der Waals surface area contributed by atoms with Crippen molar-refractivity contribution in [1.29, 1.82) is 0 Å². The Labute approximate surface area is 148 Å². The molecule has 1 aromatic rings. The molecule has 0 aromatic carbocycles. The van der Waals surface area contributed by atoms with E-state index in [0.717, 1.165) is 0 Å². The summed E-state index contributed by atoms with van der Waals surface area (Å²) in [4.78, 5) is 16.1. The zero-order valence-corrected chi connectivity index (χ0v) is 15.0. The average molecular weight is 374 g/mol. The molecule has 1 unspecified atom stereocenters. The quantitative estimate of drug-likeness (QED) is 0.321. The standard InChI is InChI=1S/C17H22F4N4O/c1-8-5-11(15(26)25-22)24-14-9(16(2,3)4)6-10(13(18)12(8)14)23-7-17(19,20)21/h5,10,23H,6-7,22H2,1-4H3,(H,25,26). The molecule has 1 atom stereocenters. The van der Waals surface area contributed by atoms with Crippen LogP contribution >= 0.6 is 0 Å². The van der Waals surface area contributed by atoms with Crippen molar-refractivity contribution in [2.45, 2.75) is 46.3 Å². The fraction of sp³-hybridized carbons (Fsp3) is 0.529. The summed E-state index contributed by atoms with van der Waals surface area (Å²) in [5.41, 5.74) is 2.60. The number of halogens is 4. The molecule has 1 aliphatic rings. The molecule has 0 radical (unpaired) electrons. The van der Waals surface area contributed by atoms with Crippen LogP contribution in [0.25, 0.3) is 11.4 Å². The van der Waals surface area contributed by atoms with E-state index in [2.05, 4.69) is 10.3 Å².